The van der Waals surface area contributed by atoms with E-state index in [0.717, 1.165) is 11.0 Å². The van der Waals surface area contributed by atoms with Crippen molar-refractivity contribution in [3.05, 3.63) is 52.1 Å². The number of thioether (sulfide) groups is 1. The van der Waals surface area contributed by atoms with Crippen LogP contribution in [0.5, 0.6) is 11.5 Å². The van der Waals surface area contributed by atoms with Gasteiger partial charge in [0.2, 0.25) is 5.75 Å². The Kier molecular flexibility index (Phi) is 7.66. The number of nitrogens with one attached hydrogen (secondary N) is 1. The minimum atomic E-state index is -0.545. The first-order valence-electron chi connectivity index (χ1n) is 9.88. The van der Waals surface area contributed by atoms with Gasteiger partial charge in [-0.15, -0.1) is 0 Å². The molecule has 1 N–H and O–H groups in total. The van der Waals surface area contributed by atoms with E-state index >= 15 is 0 Å². The molecule has 0 bridgehead atoms. The van der Waals surface area contributed by atoms with E-state index in [2.05, 4.69) is 15.5 Å². The van der Waals surface area contributed by atoms with Gasteiger partial charge in [0.25, 0.3) is 5.91 Å². The molecule has 10 nitrogen and oxygen atoms in total. The van der Waals surface area contributed by atoms with Crippen LogP contribution >= 0.6 is 11.8 Å². The van der Waals surface area contributed by atoms with Gasteiger partial charge < -0.3 is 14.0 Å². The monoisotopic (exact) mass is 457 g/mol. The number of nitrogens with zero attached hydrogens (tertiary/aromatic N) is 4. The molecule has 1 heterocycles. The molecule has 168 valence electrons. The number of amides is 1. The molecule has 3 rings (SSSR count). The average Bonchev–Trinajstić information content (AvgIpc) is 3.09. The number of ether oxygens (including phenoxy) is 2. The molecule has 0 aliphatic carbocycles. The fourth-order valence-corrected chi connectivity index (χ4v) is 3.74. The summed E-state index contributed by atoms with van der Waals surface area (Å²) in [7, 11) is 1.89. The highest BCUT2D eigenvalue weighted by atomic mass is 32.2. The van der Waals surface area contributed by atoms with Crippen LogP contribution in [0.15, 0.2) is 46.7 Å². The smallest absolute Gasteiger partial charge is 0.315 e. The molecule has 1 amide bonds. The van der Waals surface area contributed by atoms with Gasteiger partial charge in [-0.25, -0.2) is 10.4 Å². The van der Waals surface area contributed by atoms with E-state index in [1.165, 1.54) is 24.0 Å². The van der Waals surface area contributed by atoms with Crippen LogP contribution in [-0.4, -0.2) is 45.6 Å². The van der Waals surface area contributed by atoms with Crippen molar-refractivity contribution in [1.29, 1.82) is 0 Å². The number of carbonyl (C=O) groups is 1. The molecular weight excluding hydrogens is 434 g/mol. The molecule has 1 aromatic heterocycles. The third-order valence-corrected chi connectivity index (χ3v) is 5.35. The van der Waals surface area contributed by atoms with Crippen molar-refractivity contribution < 1.29 is 19.2 Å². The summed E-state index contributed by atoms with van der Waals surface area (Å²) in [5, 5.41) is 16.1. The molecule has 0 saturated carbocycles. The fraction of sp³-hybridized carbons (Fsp3) is 0.286. The maximum absolute atomic E-state index is 12.2. The summed E-state index contributed by atoms with van der Waals surface area (Å²) in [4.78, 5) is 27.6. The molecule has 0 unspecified atom stereocenters. The summed E-state index contributed by atoms with van der Waals surface area (Å²) in [6, 6.07) is 10.6. The highest BCUT2D eigenvalue weighted by molar-refractivity contribution is 7.99. The summed E-state index contributed by atoms with van der Waals surface area (Å²) in [5.41, 5.74) is 4.43. The highest BCUT2D eigenvalue weighted by Gasteiger charge is 2.22. The Morgan fingerprint density at radius 2 is 2.03 bits per heavy atom. The van der Waals surface area contributed by atoms with Gasteiger partial charge in [0.15, 0.2) is 10.9 Å². The van der Waals surface area contributed by atoms with Crippen LogP contribution in [0, 0.1) is 10.1 Å². The predicted molar refractivity (Wildman–Crippen MR) is 123 cm³/mol. The molecule has 0 radical (unpaired) electrons. The number of fused-ring (bicyclic) bond motifs is 1. The van der Waals surface area contributed by atoms with Crippen LogP contribution in [0.1, 0.15) is 19.4 Å². The van der Waals surface area contributed by atoms with Crippen molar-refractivity contribution in [2.75, 3.05) is 19.0 Å². The molecule has 0 atom stereocenters. The third-order valence-electron chi connectivity index (χ3n) is 4.32. The second kappa shape index (κ2) is 10.6. The van der Waals surface area contributed by atoms with E-state index in [9.17, 15) is 14.9 Å². The van der Waals surface area contributed by atoms with Gasteiger partial charge in [-0.2, -0.15) is 5.10 Å². The number of nitro benzene ring substituents is 1. The third kappa shape index (κ3) is 5.35. The maximum atomic E-state index is 12.2. The lowest BCUT2D eigenvalue weighted by molar-refractivity contribution is -0.385. The maximum Gasteiger partial charge on any atom is 0.315 e. The van der Waals surface area contributed by atoms with E-state index in [-0.39, 0.29) is 35.5 Å². The number of hydrogen-bond donors (Lipinski definition) is 1. The van der Waals surface area contributed by atoms with Crippen molar-refractivity contribution in [1.82, 2.24) is 15.0 Å². The molecule has 0 aliphatic heterocycles. The fourth-order valence-electron chi connectivity index (χ4n) is 2.96. The Labute approximate surface area is 188 Å². The number of hydrogen-bond acceptors (Lipinski definition) is 8. The largest absolute Gasteiger partial charge is 0.490 e. The normalized spacial score (nSPS) is 11.1. The Morgan fingerprint density at radius 1 is 1.28 bits per heavy atom. The summed E-state index contributed by atoms with van der Waals surface area (Å²) in [6.45, 7) is 4.07. The minimum Gasteiger partial charge on any atom is -0.490 e. The summed E-state index contributed by atoms with van der Waals surface area (Å²) in [6.07, 6.45) is 1.32. The molecule has 0 fully saturated rings. The number of hydrazone groups is 1. The molecule has 0 spiro atoms. The van der Waals surface area contributed by atoms with Crippen LogP contribution < -0.4 is 14.9 Å². The van der Waals surface area contributed by atoms with Gasteiger partial charge in [-0.05, 0) is 32.0 Å². The van der Waals surface area contributed by atoms with Crippen LogP contribution in [0.25, 0.3) is 11.0 Å². The zero-order valence-electron chi connectivity index (χ0n) is 17.9. The zero-order chi connectivity index (χ0) is 23.1. The Hall–Kier alpha value is -3.60. The number of aryl methyl sites for hydroxylation is 1. The van der Waals surface area contributed by atoms with Crippen molar-refractivity contribution in [2.24, 2.45) is 12.1 Å². The number of benzene rings is 2. The van der Waals surface area contributed by atoms with Crippen molar-refractivity contribution in [3.63, 3.8) is 0 Å². The number of aromatic nitrogens is 2. The highest BCUT2D eigenvalue weighted by Crippen LogP contribution is 2.38. The molecule has 2 aromatic carbocycles. The summed E-state index contributed by atoms with van der Waals surface area (Å²) in [5.74, 6) is 0.0965. The lowest BCUT2D eigenvalue weighted by Gasteiger charge is -2.11. The topological polar surface area (TPSA) is 121 Å². The van der Waals surface area contributed by atoms with Gasteiger partial charge >= 0.3 is 5.69 Å². The number of imidazole rings is 1. The Morgan fingerprint density at radius 3 is 2.72 bits per heavy atom. The van der Waals surface area contributed by atoms with Crippen LogP contribution in [0.3, 0.4) is 0 Å². The van der Waals surface area contributed by atoms with E-state index < -0.39 is 4.92 Å². The lowest BCUT2D eigenvalue weighted by atomic mass is 10.2. The average molecular weight is 458 g/mol. The van der Waals surface area contributed by atoms with E-state index in [0.29, 0.717) is 17.3 Å². The van der Waals surface area contributed by atoms with Crippen LogP contribution in [0.2, 0.25) is 0 Å². The van der Waals surface area contributed by atoms with Gasteiger partial charge in [-0.1, -0.05) is 23.9 Å². The Balaban J connectivity index is 1.67. The molecule has 32 heavy (non-hydrogen) atoms. The van der Waals surface area contributed by atoms with E-state index in [4.69, 9.17) is 9.47 Å². The number of para-hydroxylation sites is 2. The second-order valence-corrected chi connectivity index (χ2v) is 7.46. The standard InChI is InChI=1S/C21H23N5O5S/c1-4-30-18-11-14(10-17(26(28)29)20(18)31-5-2)12-22-24-19(27)13-32-21-23-15-8-6-7-9-16(15)25(21)3/h6-12H,4-5,13H2,1-3H3,(H,24,27)/b22-12-. The number of carbonyl (C=O) groups excluding carboxylic acids is 1. The molecule has 0 saturated heterocycles. The molecular formula is C21H23N5O5S. The van der Waals surface area contributed by atoms with Crippen molar-refractivity contribution in [3.8, 4) is 11.5 Å². The molecule has 0 aliphatic rings. The summed E-state index contributed by atoms with van der Waals surface area (Å²) < 4.78 is 12.8. The number of rotatable bonds is 10. The SMILES string of the molecule is CCOc1cc(/C=N\NC(=O)CSc2nc3ccccc3n2C)cc([N+](=O)[O-])c1OCC. The van der Waals surface area contributed by atoms with Crippen LogP contribution in [-0.2, 0) is 11.8 Å². The van der Waals surface area contributed by atoms with E-state index in [1.54, 1.807) is 19.9 Å². The summed E-state index contributed by atoms with van der Waals surface area (Å²) >= 11 is 1.29. The molecule has 11 heteroatoms. The van der Waals surface area contributed by atoms with Gasteiger partial charge in [-0.3, -0.25) is 14.9 Å². The first-order valence-corrected chi connectivity index (χ1v) is 10.9. The second-order valence-electron chi connectivity index (χ2n) is 6.51. The van der Waals surface area contributed by atoms with Gasteiger partial charge in [0, 0.05) is 18.7 Å². The predicted octanol–water partition coefficient (Wildman–Crippen LogP) is 3.52. The van der Waals surface area contributed by atoms with Crippen molar-refractivity contribution >= 4 is 40.6 Å². The van der Waals surface area contributed by atoms with Crippen molar-refractivity contribution in [2.45, 2.75) is 19.0 Å². The van der Waals surface area contributed by atoms with Crippen LogP contribution in [0.4, 0.5) is 5.69 Å². The number of nitro groups is 1. The van der Waals surface area contributed by atoms with Gasteiger partial charge in [0.05, 0.1) is 41.1 Å². The lowest BCUT2D eigenvalue weighted by Crippen LogP contribution is -2.19. The minimum absolute atomic E-state index is 0.0689. The van der Waals surface area contributed by atoms with Gasteiger partial charge in [0.1, 0.15) is 0 Å². The Bertz CT molecular complexity index is 1160. The van der Waals surface area contributed by atoms with E-state index in [1.807, 2.05) is 35.9 Å². The first-order chi connectivity index (χ1) is 15.4. The zero-order valence-corrected chi connectivity index (χ0v) is 18.7. The molecule has 3 aromatic rings. The quantitative estimate of drug-likeness (QED) is 0.214. The first kappa shape index (κ1) is 23.1.